The van der Waals surface area contributed by atoms with E-state index in [1.165, 1.54) is 43.3 Å². The van der Waals surface area contributed by atoms with Crippen molar-refractivity contribution in [2.24, 2.45) is 0 Å². The highest BCUT2D eigenvalue weighted by Crippen LogP contribution is 2.22. The van der Waals surface area contributed by atoms with Crippen LogP contribution in [-0.2, 0) is 26.1 Å². The van der Waals surface area contributed by atoms with Crippen LogP contribution in [0.15, 0.2) is 77.7 Å². The van der Waals surface area contributed by atoms with E-state index in [0.29, 0.717) is 12.1 Å². The van der Waals surface area contributed by atoms with Crippen LogP contribution in [0.25, 0.3) is 0 Å². The third kappa shape index (κ3) is 6.81. The van der Waals surface area contributed by atoms with Gasteiger partial charge in [-0.1, -0.05) is 48.5 Å². The van der Waals surface area contributed by atoms with Gasteiger partial charge in [0, 0.05) is 33.4 Å². The van der Waals surface area contributed by atoms with Gasteiger partial charge in [0.15, 0.2) is 6.61 Å². The molecule has 2 amide bonds. The Kier molecular flexibility index (Phi) is 8.80. The van der Waals surface area contributed by atoms with Crippen molar-refractivity contribution in [1.82, 2.24) is 9.21 Å². The predicted molar refractivity (Wildman–Crippen MR) is 140 cm³/mol. The Morgan fingerprint density at radius 2 is 1.49 bits per heavy atom. The molecule has 0 bridgehead atoms. The number of anilines is 1. The first-order chi connectivity index (χ1) is 17.5. The normalized spacial score (nSPS) is 11.2. The van der Waals surface area contributed by atoms with E-state index in [0.717, 1.165) is 9.87 Å². The minimum Gasteiger partial charge on any atom is -0.452 e. The fourth-order valence-electron chi connectivity index (χ4n) is 3.48. The lowest BCUT2D eigenvalue weighted by atomic mass is 10.1. The van der Waals surface area contributed by atoms with Crippen molar-refractivity contribution in [3.8, 4) is 0 Å². The molecule has 0 aliphatic heterocycles. The second kappa shape index (κ2) is 11.8. The quantitative estimate of drug-likeness (QED) is 0.431. The van der Waals surface area contributed by atoms with E-state index < -0.39 is 28.5 Å². The van der Waals surface area contributed by atoms with Gasteiger partial charge in [-0.05, 0) is 42.3 Å². The number of hydrogen-bond acceptors (Lipinski definition) is 6. The van der Waals surface area contributed by atoms with Crippen LogP contribution >= 0.6 is 0 Å². The molecule has 0 heterocycles. The van der Waals surface area contributed by atoms with Gasteiger partial charge in [0.2, 0.25) is 10.0 Å². The molecule has 0 unspecified atom stereocenters. The number of nitrogens with zero attached hydrogens (tertiary/aromatic N) is 2. The molecule has 1 N–H and O–H groups in total. The van der Waals surface area contributed by atoms with Gasteiger partial charge >= 0.3 is 5.97 Å². The van der Waals surface area contributed by atoms with E-state index in [-0.39, 0.29) is 27.6 Å². The predicted octanol–water partition coefficient (Wildman–Crippen LogP) is 3.31. The van der Waals surface area contributed by atoms with Gasteiger partial charge in [-0.25, -0.2) is 17.5 Å². The SMILES string of the molecule is Cc1ccc(S(=O)(=O)N(C)C)cc1NC(=O)COC(=O)c1ccccc1C(=O)N(C)Cc1ccccc1. The van der Waals surface area contributed by atoms with Crippen LogP contribution < -0.4 is 5.32 Å². The highest BCUT2D eigenvalue weighted by Gasteiger charge is 2.22. The Bertz CT molecular complexity index is 1400. The summed E-state index contributed by atoms with van der Waals surface area (Å²) < 4.78 is 31.1. The summed E-state index contributed by atoms with van der Waals surface area (Å²) in [5.74, 6) is -1.84. The Morgan fingerprint density at radius 3 is 2.14 bits per heavy atom. The summed E-state index contributed by atoms with van der Waals surface area (Å²) >= 11 is 0. The largest absolute Gasteiger partial charge is 0.452 e. The monoisotopic (exact) mass is 523 g/mol. The third-order valence-corrected chi connectivity index (χ3v) is 7.39. The van der Waals surface area contributed by atoms with Gasteiger partial charge in [0.25, 0.3) is 11.8 Å². The minimum absolute atomic E-state index is 0.0162. The third-order valence-electron chi connectivity index (χ3n) is 5.58. The zero-order valence-corrected chi connectivity index (χ0v) is 21.9. The number of hydrogen-bond donors (Lipinski definition) is 1. The molecule has 3 aromatic carbocycles. The first kappa shape index (κ1) is 27.6. The Balaban J connectivity index is 1.68. The van der Waals surface area contributed by atoms with E-state index in [1.807, 2.05) is 30.3 Å². The molecule has 9 nitrogen and oxygen atoms in total. The van der Waals surface area contributed by atoms with E-state index in [2.05, 4.69) is 5.32 Å². The zero-order valence-electron chi connectivity index (χ0n) is 21.1. The van der Waals surface area contributed by atoms with Crippen LogP contribution in [0.3, 0.4) is 0 Å². The molecule has 0 saturated carbocycles. The maximum atomic E-state index is 13.0. The number of esters is 1. The smallest absolute Gasteiger partial charge is 0.339 e. The number of nitrogens with one attached hydrogen (secondary N) is 1. The van der Waals surface area contributed by atoms with Crippen molar-refractivity contribution >= 4 is 33.5 Å². The van der Waals surface area contributed by atoms with E-state index >= 15 is 0 Å². The van der Waals surface area contributed by atoms with E-state index in [4.69, 9.17) is 4.74 Å². The Morgan fingerprint density at radius 1 is 0.865 bits per heavy atom. The summed E-state index contributed by atoms with van der Waals surface area (Å²) in [6.45, 7) is 1.44. The number of aryl methyl sites for hydroxylation is 1. The molecule has 3 rings (SSSR count). The number of sulfonamides is 1. The van der Waals surface area contributed by atoms with Crippen LogP contribution in [0.5, 0.6) is 0 Å². The fraction of sp³-hybridized carbons (Fsp3) is 0.222. The van der Waals surface area contributed by atoms with Crippen LogP contribution in [0.2, 0.25) is 0 Å². The van der Waals surface area contributed by atoms with Gasteiger partial charge in [-0.15, -0.1) is 0 Å². The van der Waals surface area contributed by atoms with Gasteiger partial charge in [0.05, 0.1) is 16.0 Å². The van der Waals surface area contributed by atoms with Crippen molar-refractivity contribution in [2.75, 3.05) is 33.1 Å². The summed E-state index contributed by atoms with van der Waals surface area (Å²) in [4.78, 5) is 39.8. The molecule has 0 atom stereocenters. The average molecular weight is 524 g/mol. The molecule has 10 heteroatoms. The van der Waals surface area contributed by atoms with Crippen molar-refractivity contribution in [2.45, 2.75) is 18.4 Å². The maximum Gasteiger partial charge on any atom is 0.339 e. The van der Waals surface area contributed by atoms with Crippen LogP contribution in [-0.4, -0.2) is 63.2 Å². The molecule has 3 aromatic rings. The molecule has 0 spiro atoms. The Labute approximate surface area is 216 Å². The topological polar surface area (TPSA) is 113 Å². The molecule has 0 fully saturated rings. The summed E-state index contributed by atoms with van der Waals surface area (Å²) in [6, 6.07) is 20.0. The second-order valence-electron chi connectivity index (χ2n) is 8.58. The lowest BCUT2D eigenvalue weighted by molar-refractivity contribution is -0.119. The summed E-state index contributed by atoms with van der Waals surface area (Å²) in [5.41, 5.74) is 2.05. The number of carbonyl (C=O) groups is 3. The fourth-order valence-corrected chi connectivity index (χ4v) is 4.41. The first-order valence-corrected chi connectivity index (χ1v) is 12.8. The van der Waals surface area contributed by atoms with Crippen molar-refractivity contribution < 1.29 is 27.5 Å². The van der Waals surface area contributed by atoms with Crippen molar-refractivity contribution in [3.05, 3.63) is 95.1 Å². The Hall–Kier alpha value is -4.02. The molecule has 0 aromatic heterocycles. The first-order valence-electron chi connectivity index (χ1n) is 11.4. The van der Waals surface area contributed by atoms with Gasteiger partial charge < -0.3 is 15.0 Å². The standard InChI is InChI=1S/C27H29N3O6S/c1-19-14-15-21(37(34,35)29(2)3)16-24(19)28-25(31)18-36-27(33)23-13-9-8-12-22(23)26(32)30(4)17-20-10-6-5-7-11-20/h5-16H,17-18H2,1-4H3,(H,28,31). The van der Waals surface area contributed by atoms with E-state index in [9.17, 15) is 22.8 Å². The van der Waals surface area contributed by atoms with E-state index in [1.54, 1.807) is 32.2 Å². The van der Waals surface area contributed by atoms with Crippen LogP contribution in [0, 0.1) is 6.92 Å². The molecule has 0 aliphatic carbocycles. The number of ether oxygens (including phenoxy) is 1. The number of rotatable bonds is 9. The number of benzene rings is 3. The van der Waals surface area contributed by atoms with Crippen LogP contribution in [0.1, 0.15) is 31.8 Å². The molecule has 194 valence electrons. The van der Waals surface area contributed by atoms with Gasteiger partial charge in [0.1, 0.15) is 0 Å². The highest BCUT2D eigenvalue weighted by atomic mass is 32.2. The lowest BCUT2D eigenvalue weighted by Crippen LogP contribution is -2.28. The van der Waals surface area contributed by atoms with Crippen LogP contribution in [0.4, 0.5) is 5.69 Å². The molecular weight excluding hydrogens is 494 g/mol. The van der Waals surface area contributed by atoms with Gasteiger partial charge in [-0.2, -0.15) is 0 Å². The summed E-state index contributed by atoms with van der Waals surface area (Å²) in [6.07, 6.45) is 0. The highest BCUT2D eigenvalue weighted by molar-refractivity contribution is 7.89. The number of carbonyl (C=O) groups excluding carboxylic acids is 3. The van der Waals surface area contributed by atoms with Crippen molar-refractivity contribution in [3.63, 3.8) is 0 Å². The number of amides is 2. The summed E-state index contributed by atoms with van der Waals surface area (Å²) in [5, 5.41) is 2.58. The molecule has 37 heavy (non-hydrogen) atoms. The average Bonchev–Trinajstić information content (AvgIpc) is 2.88. The molecular formula is C27H29N3O6S. The summed E-state index contributed by atoms with van der Waals surface area (Å²) in [7, 11) is 0.767. The maximum absolute atomic E-state index is 13.0. The minimum atomic E-state index is -3.69. The molecule has 0 radical (unpaired) electrons. The van der Waals surface area contributed by atoms with Gasteiger partial charge in [-0.3, -0.25) is 9.59 Å². The molecule has 0 saturated heterocycles. The van der Waals surface area contributed by atoms with Crippen molar-refractivity contribution in [1.29, 1.82) is 0 Å². The second-order valence-corrected chi connectivity index (χ2v) is 10.7. The lowest BCUT2D eigenvalue weighted by Gasteiger charge is -2.19. The zero-order chi connectivity index (χ0) is 27.2. The molecule has 0 aliphatic rings.